The van der Waals surface area contributed by atoms with Crippen molar-refractivity contribution in [1.82, 2.24) is 9.78 Å². The van der Waals surface area contributed by atoms with E-state index in [1.54, 1.807) is 19.3 Å². The maximum absolute atomic E-state index is 11.2. The number of anilines is 1. The van der Waals surface area contributed by atoms with E-state index in [0.29, 0.717) is 5.82 Å². The molecule has 0 aliphatic rings. The molecular weight excluding hydrogens is 192 g/mol. The number of nitrogens with one attached hydrogen (secondary N) is 1. The number of nitrogens with zero attached hydrogens (tertiary/aromatic N) is 2. The zero-order valence-corrected chi connectivity index (χ0v) is 8.08. The average molecular weight is 204 g/mol. The van der Waals surface area contributed by atoms with Crippen LogP contribution in [0.15, 0.2) is 12.3 Å². The van der Waals surface area contributed by atoms with Crippen molar-refractivity contribution in [3.05, 3.63) is 12.3 Å². The van der Waals surface area contributed by atoms with Crippen LogP contribution in [-0.4, -0.2) is 30.5 Å². The van der Waals surface area contributed by atoms with Crippen molar-refractivity contribution in [2.45, 2.75) is 0 Å². The summed E-state index contributed by atoms with van der Waals surface area (Å²) in [5, 5.41) is 3.86. The molecule has 1 aromatic heterocycles. The van der Waals surface area contributed by atoms with Crippen molar-refractivity contribution in [3.8, 4) is 0 Å². The van der Waals surface area contributed by atoms with Crippen molar-refractivity contribution in [1.29, 1.82) is 0 Å². The minimum absolute atomic E-state index is 0.0937. The monoisotopic (exact) mass is 204 g/mol. The highest BCUT2D eigenvalue weighted by Gasteiger charge is 2.09. The second-order valence-electron chi connectivity index (χ2n) is 2.58. The van der Waals surface area contributed by atoms with Gasteiger partial charge >= 0.3 is 0 Å². The van der Waals surface area contributed by atoms with Gasteiger partial charge in [0.2, 0.25) is 10.0 Å². The van der Waals surface area contributed by atoms with E-state index in [2.05, 4.69) is 9.82 Å². The van der Waals surface area contributed by atoms with E-state index in [4.69, 9.17) is 5.73 Å². The van der Waals surface area contributed by atoms with Gasteiger partial charge in [-0.05, 0) is 0 Å². The first-order valence-corrected chi connectivity index (χ1v) is 5.39. The Morgan fingerprint density at radius 1 is 1.69 bits per heavy atom. The first-order chi connectivity index (χ1) is 6.03. The third-order valence-corrected chi connectivity index (χ3v) is 2.65. The van der Waals surface area contributed by atoms with Crippen LogP contribution in [0.3, 0.4) is 0 Å². The van der Waals surface area contributed by atoms with Gasteiger partial charge in [-0.1, -0.05) is 0 Å². The molecule has 0 radical (unpaired) electrons. The molecule has 0 unspecified atom stereocenters. The number of aryl methyl sites for hydroxylation is 1. The van der Waals surface area contributed by atoms with Crippen LogP contribution >= 0.6 is 0 Å². The Morgan fingerprint density at radius 2 is 2.38 bits per heavy atom. The molecule has 0 spiro atoms. The minimum atomic E-state index is -3.32. The van der Waals surface area contributed by atoms with Crippen LogP contribution in [0.2, 0.25) is 0 Å². The number of sulfonamides is 1. The summed E-state index contributed by atoms with van der Waals surface area (Å²) in [6, 6.07) is 1.58. The summed E-state index contributed by atoms with van der Waals surface area (Å²) in [5.41, 5.74) is 5.13. The molecule has 74 valence electrons. The van der Waals surface area contributed by atoms with Crippen LogP contribution in [0, 0.1) is 0 Å². The number of hydrogen-bond acceptors (Lipinski definition) is 4. The quantitative estimate of drug-likeness (QED) is 0.666. The molecule has 0 fully saturated rings. The molecule has 0 saturated heterocycles. The molecule has 1 heterocycles. The molecule has 13 heavy (non-hydrogen) atoms. The second-order valence-corrected chi connectivity index (χ2v) is 4.43. The lowest BCUT2D eigenvalue weighted by atomic mass is 10.7. The number of rotatable bonds is 4. The third kappa shape index (κ3) is 3.03. The van der Waals surface area contributed by atoms with E-state index in [0.717, 1.165) is 0 Å². The van der Waals surface area contributed by atoms with Gasteiger partial charge in [-0.3, -0.25) is 9.40 Å². The Labute approximate surface area is 76.8 Å². The molecule has 0 atom stereocenters. The lowest BCUT2D eigenvalue weighted by Crippen LogP contribution is -2.22. The van der Waals surface area contributed by atoms with E-state index >= 15 is 0 Å². The standard InChI is InChI=1S/C6H12N4O2S/c1-10-4-2-6(8-10)9-13(11,12)5-3-7/h2,4H,3,5,7H2,1H3,(H,8,9). The minimum Gasteiger partial charge on any atom is -0.329 e. The molecule has 0 aliphatic heterocycles. The highest BCUT2D eigenvalue weighted by atomic mass is 32.2. The van der Waals surface area contributed by atoms with Gasteiger partial charge in [0.25, 0.3) is 0 Å². The fourth-order valence-corrected chi connectivity index (χ4v) is 1.67. The Bertz CT molecular complexity index is 370. The van der Waals surface area contributed by atoms with Gasteiger partial charge in [0.05, 0.1) is 5.75 Å². The van der Waals surface area contributed by atoms with Gasteiger partial charge in [-0.25, -0.2) is 8.42 Å². The highest BCUT2D eigenvalue weighted by molar-refractivity contribution is 7.92. The first kappa shape index (κ1) is 10.0. The summed E-state index contributed by atoms with van der Waals surface area (Å²) in [4.78, 5) is 0. The summed E-state index contributed by atoms with van der Waals surface area (Å²) in [5.74, 6) is 0.222. The zero-order chi connectivity index (χ0) is 9.90. The van der Waals surface area contributed by atoms with Crippen molar-refractivity contribution in [2.75, 3.05) is 17.0 Å². The van der Waals surface area contributed by atoms with Gasteiger partial charge in [0.15, 0.2) is 5.82 Å². The van der Waals surface area contributed by atoms with Gasteiger partial charge < -0.3 is 5.73 Å². The van der Waals surface area contributed by atoms with Crippen LogP contribution in [0.5, 0.6) is 0 Å². The summed E-state index contributed by atoms with van der Waals surface area (Å²) in [6.07, 6.45) is 1.65. The number of nitrogens with two attached hydrogens (primary N) is 1. The average Bonchev–Trinajstić information content (AvgIpc) is 2.34. The van der Waals surface area contributed by atoms with E-state index in [1.807, 2.05) is 0 Å². The summed E-state index contributed by atoms with van der Waals surface area (Å²) < 4.78 is 26.2. The van der Waals surface area contributed by atoms with Gasteiger partial charge in [-0.15, -0.1) is 0 Å². The van der Waals surface area contributed by atoms with Crippen molar-refractivity contribution < 1.29 is 8.42 Å². The summed E-state index contributed by atoms with van der Waals surface area (Å²) >= 11 is 0. The number of hydrogen-bond donors (Lipinski definition) is 2. The zero-order valence-electron chi connectivity index (χ0n) is 7.27. The van der Waals surface area contributed by atoms with Gasteiger partial charge in [0, 0.05) is 25.9 Å². The van der Waals surface area contributed by atoms with Gasteiger partial charge in [-0.2, -0.15) is 5.10 Å². The highest BCUT2D eigenvalue weighted by Crippen LogP contribution is 2.03. The fourth-order valence-electron chi connectivity index (χ4n) is 0.835. The Morgan fingerprint density at radius 3 is 2.85 bits per heavy atom. The smallest absolute Gasteiger partial charge is 0.235 e. The van der Waals surface area contributed by atoms with Crippen LogP contribution in [0.1, 0.15) is 0 Å². The Balaban J connectivity index is 2.69. The molecule has 0 aliphatic carbocycles. The van der Waals surface area contributed by atoms with Crippen LogP contribution in [0.4, 0.5) is 5.82 Å². The first-order valence-electron chi connectivity index (χ1n) is 3.74. The SMILES string of the molecule is Cn1ccc(NS(=O)(=O)CCN)n1. The lowest BCUT2D eigenvalue weighted by Gasteiger charge is -2.02. The van der Waals surface area contributed by atoms with E-state index in [9.17, 15) is 8.42 Å². The molecule has 0 bridgehead atoms. The predicted octanol–water partition coefficient (Wildman–Crippen LogP) is -0.879. The topological polar surface area (TPSA) is 90.0 Å². The molecule has 0 aromatic carbocycles. The van der Waals surface area contributed by atoms with Gasteiger partial charge in [0.1, 0.15) is 0 Å². The normalized spacial score (nSPS) is 11.5. The van der Waals surface area contributed by atoms with Crippen LogP contribution in [0.25, 0.3) is 0 Å². The molecule has 3 N–H and O–H groups in total. The van der Waals surface area contributed by atoms with Crippen LogP contribution in [-0.2, 0) is 17.1 Å². The Kier molecular flexibility index (Phi) is 2.89. The summed E-state index contributed by atoms with van der Waals surface area (Å²) in [7, 11) is -1.61. The summed E-state index contributed by atoms with van der Waals surface area (Å²) in [6.45, 7) is 0.0994. The largest absolute Gasteiger partial charge is 0.329 e. The molecular formula is C6H12N4O2S. The molecule has 1 aromatic rings. The predicted molar refractivity (Wildman–Crippen MR) is 49.7 cm³/mol. The van der Waals surface area contributed by atoms with Crippen molar-refractivity contribution in [2.24, 2.45) is 12.8 Å². The molecule has 7 heteroatoms. The molecule has 0 saturated carbocycles. The molecule has 0 amide bonds. The third-order valence-electron chi connectivity index (χ3n) is 1.36. The van der Waals surface area contributed by atoms with E-state index in [1.165, 1.54) is 4.68 Å². The maximum Gasteiger partial charge on any atom is 0.235 e. The Hall–Kier alpha value is -1.08. The van der Waals surface area contributed by atoms with Crippen molar-refractivity contribution in [3.63, 3.8) is 0 Å². The number of aromatic nitrogens is 2. The van der Waals surface area contributed by atoms with Crippen molar-refractivity contribution >= 4 is 15.8 Å². The second kappa shape index (κ2) is 3.75. The lowest BCUT2D eigenvalue weighted by molar-refractivity contribution is 0.600. The molecule has 1 rings (SSSR count). The fraction of sp³-hybridized carbons (Fsp3) is 0.500. The van der Waals surface area contributed by atoms with Crippen LogP contribution < -0.4 is 10.5 Å². The maximum atomic E-state index is 11.2. The van der Waals surface area contributed by atoms with E-state index in [-0.39, 0.29) is 12.3 Å². The van der Waals surface area contributed by atoms with E-state index < -0.39 is 10.0 Å². The molecule has 6 nitrogen and oxygen atoms in total.